The number of likely N-dealkylation sites (N-methyl/N-ethyl adjacent to an activating group) is 1. The van der Waals surface area contributed by atoms with Crippen molar-refractivity contribution in [2.24, 2.45) is 5.92 Å². The van der Waals surface area contributed by atoms with Crippen LogP contribution in [0, 0.1) is 5.92 Å². The van der Waals surface area contributed by atoms with Crippen LogP contribution in [-0.4, -0.2) is 61.4 Å². The van der Waals surface area contributed by atoms with E-state index in [0.717, 1.165) is 39.3 Å². The lowest BCUT2D eigenvalue weighted by Gasteiger charge is -2.49. The predicted octanol–water partition coefficient (Wildman–Crippen LogP) is 0.162. The number of nitrogens with one attached hydrogen (secondary N) is 1. The molecule has 0 bridgehead atoms. The van der Waals surface area contributed by atoms with Crippen LogP contribution in [-0.2, 0) is 9.53 Å². The number of aliphatic carboxylic acids is 1. The number of ether oxygens (including phenoxy) is 1. The monoisotopic (exact) mass is 242 g/mol. The van der Waals surface area contributed by atoms with Crippen LogP contribution in [0.15, 0.2) is 0 Å². The zero-order valence-electron chi connectivity index (χ0n) is 10.4. The summed E-state index contributed by atoms with van der Waals surface area (Å²) in [6.45, 7) is 4.20. The molecule has 2 fully saturated rings. The second-order valence-corrected chi connectivity index (χ2v) is 5.36. The van der Waals surface area contributed by atoms with Crippen LogP contribution < -0.4 is 5.32 Å². The topological polar surface area (TPSA) is 61.8 Å². The minimum atomic E-state index is -0.710. The Balaban J connectivity index is 1.87. The summed E-state index contributed by atoms with van der Waals surface area (Å²) >= 11 is 0. The highest BCUT2D eigenvalue weighted by atomic mass is 16.5. The lowest BCUT2D eigenvalue weighted by atomic mass is 9.85. The largest absolute Gasteiger partial charge is 0.481 e. The highest BCUT2D eigenvalue weighted by molar-refractivity contribution is 5.68. The number of carbonyl (C=O) groups is 1. The van der Waals surface area contributed by atoms with Crippen molar-refractivity contribution in [2.75, 3.05) is 39.9 Å². The Morgan fingerprint density at radius 2 is 2.35 bits per heavy atom. The lowest BCUT2D eigenvalue weighted by Crippen LogP contribution is -2.69. The Bertz CT molecular complexity index is 273. The van der Waals surface area contributed by atoms with E-state index in [1.807, 2.05) is 7.05 Å². The Morgan fingerprint density at radius 3 is 2.82 bits per heavy atom. The van der Waals surface area contributed by atoms with Gasteiger partial charge in [-0.15, -0.1) is 0 Å². The fourth-order valence-electron chi connectivity index (χ4n) is 2.76. The molecule has 2 saturated heterocycles. The van der Waals surface area contributed by atoms with Crippen molar-refractivity contribution in [1.29, 1.82) is 0 Å². The Morgan fingerprint density at radius 1 is 1.59 bits per heavy atom. The van der Waals surface area contributed by atoms with Crippen LogP contribution in [0.5, 0.6) is 0 Å². The minimum absolute atomic E-state index is 0.177. The second kappa shape index (κ2) is 5.33. The third-order valence-electron chi connectivity index (χ3n) is 3.98. The number of hydrogen-bond donors (Lipinski definition) is 2. The van der Waals surface area contributed by atoms with Gasteiger partial charge >= 0.3 is 5.97 Å². The summed E-state index contributed by atoms with van der Waals surface area (Å²) in [5, 5.41) is 12.2. The SMILES string of the molecule is CN(CC1CCCOC1)C1(CC(=O)O)CNC1. The molecule has 2 aliphatic heterocycles. The van der Waals surface area contributed by atoms with Gasteiger partial charge < -0.3 is 15.2 Å². The van der Waals surface area contributed by atoms with Crippen LogP contribution in [0.2, 0.25) is 0 Å². The molecule has 0 aliphatic carbocycles. The first-order chi connectivity index (χ1) is 8.12. The summed E-state index contributed by atoms with van der Waals surface area (Å²) in [7, 11) is 2.04. The average molecular weight is 242 g/mol. The van der Waals surface area contributed by atoms with Gasteiger partial charge in [-0.1, -0.05) is 0 Å². The molecule has 0 aromatic rings. The minimum Gasteiger partial charge on any atom is -0.481 e. The first-order valence-electron chi connectivity index (χ1n) is 6.34. The number of nitrogens with zero attached hydrogens (tertiary/aromatic N) is 1. The fraction of sp³-hybridized carbons (Fsp3) is 0.917. The summed E-state index contributed by atoms with van der Waals surface area (Å²) in [4.78, 5) is 13.1. The van der Waals surface area contributed by atoms with Crippen LogP contribution in [0.1, 0.15) is 19.3 Å². The van der Waals surface area contributed by atoms with Crippen LogP contribution in [0.25, 0.3) is 0 Å². The molecule has 1 unspecified atom stereocenters. The van der Waals surface area contributed by atoms with Crippen molar-refractivity contribution < 1.29 is 14.6 Å². The van der Waals surface area contributed by atoms with Crippen molar-refractivity contribution in [3.63, 3.8) is 0 Å². The normalized spacial score (nSPS) is 27.8. The van der Waals surface area contributed by atoms with E-state index in [1.54, 1.807) is 0 Å². The van der Waals surface area contributed by atoms with E-state index in [4.69, 9.17) is 9.84 Å². The third-order valence-corrected chi connectivity index (χ3v) is 3.98. The van der Waals surface area contributed by atoms with Gasteiger partial charge in [0.1, 0.15) is 0 Å². The van der Waals surface area contributed by atoms with E-state index in [-0.39, 0.29) is 12.0 Å². The van der Waals surface area contributed by atoms with Gasteiger partial charge in [0.25, 0.3) is 0 Å². The van der Waals surface area contributed by atoms with Gasteiger partial charge in [0.05, 0.1) is 18.6 Å². The molecular formula is C12H22N2O3. The zero-order valence-corrected chi connectivity index (χ0v) is 10.4. The molecule has 98 valence electrons. The maximum absolute atomic E-state index is 10.9. The lowest BCUT2D eigenvalue weighted by molar-refractivity contribution is -0.141. The van der Waals surface area contributed by atoms with Crippen molar-refractivity contribution in [1.82, 2.24) is 10.2 Å². The maximum atomic E-state index is 10.9. The van der Waals surface area contributed by atoms with Gasteiger partial charge in [0.15, 0.2) is 0 Å². The molecule has 0 amide bonds. The van der Waals surface area contributed by atoms with Gasteiger partial charge in [-0.05, 0) is 25.8 Å². The number of carboxylic acid groups (broad SMARTS) is 1. The third kappa shape index (κ3) is 2.97. The van der Waals surface area contributed by atoms with Crippen molar-refractivity contribution in [2.45, 2.75) is 24.8 Å². The molecule has 2 aliphatic rings. The fourth-order valence-corrected chi connectivity index (χ4v) is 2.76. The molecule has 2 rings (SSSR count). The molecule has 5 heteroatoms. The van der Waals surface area contributed by atoms with E-state index >= 15 is 0 Å². The highest BCUT2D eigenvalue weighted by Crippen LogP contribution is 2.26. The maximum Gasteiger partial charge on any atom is 0.305 e. The first kappa shape index (κ1) is 12.8. The van der Waals surface area contributed by atoms with E-state index in [2.05, 4.69) is 10.2 Å². The summed E-state index contributed by atoms with van der Waals surface area (Å²) in [5.41, 5.74) is -0.177. The van der Waals surface area contributed by atoms with E-state index in [9.17, 15) is 4.79 Å². The second-order valence-electron chi connectivity index (χ2n) is 5.36. The van der Waals surface area contributed by atoms with Crippen molar-refractivity contribution >= 4 is 5.97 Å². The molecule has 2 heterocycles. The number of hydrogen-bond acceptors (Lipinski definition) is 4. The highest BCUT2D eigenvalue weighted by Gasteiger charge is 2.43. The quantitative estimate of drug-likeness (QED) is 0.719. The number of rotatable bonds is 5. The van der Waals surface area contributed by atoms with E-state index in [0.29, 0.717) is 5.92 Å². The van der Waals surface area contributed by atoms with Crippen molar-refractivity contribution in [3.8, 4) is 0 Å². The van der Waals surface area contributed by atoms with E-state index in [1.165, 1.54) is 6.42 Å². The molecule has 0 aromatic carbocycles. The molecule has 17 heavy (non-hydrogen) atoms. The summed E-state index contributed by atoms with van der Waals surface area (Å²) in [6, 6.07) is 0. The van der Waals surface area contributed by atoms with Crippen molar-refractivity contribution in [3.05, 3.63) is 0 Å². The van der Waals surface area contributed by atoms with E-state index < -0.39 is 5.97 Å². The van der Waals surface area contributed by atoms with Crippen LogP contribution >= 0.6 is 0 Å². The summed E-state index contributed by atoms with van der Waals surface area (Å²) < 4.78 is 5.47. The predicted molar refractivity (Wildman–Crippen MR) is 64.0 cm³/mol. The van der Waals surface area contributed by atoms with Crippen LogP contribution in [0.4, 0.5) is 0 Å². The average Bonchev–Trinajstić information content (AvgIpc) is 2.24. The zero-order chi connectivity index (χ0) is 12.3. The Labute approximate surface area is 102 Å². The standard InChI is InChI=1S/C12H22N2O3/c1-14(6-10-3-2-4-17-7-10)12(5-11(15)16)8-13-9-12/h10,13H,2-9H2,1H3,(H,15,16). The van der Waals surface area contributed by atoms with Gasteiger partial charge in [0.2, 0.25) is 0 Å². The summed E-state index contributed by atoms with van der Waals surface area (Å²) in [6.07, 6.45) is 2.55. The van der Waals surface area contributed by atoms with Crippen LogP contribution in [0.3, 0.4) is 0 Å². The first-order valence-corrected chi connectivity index (χ1v) is 6.34. The Kier molecular flexibility index (Phi) is 4.01. The van der Waals surface area contributed by atoms with Gasteiger partial charge in [-0.3, -0.25) is 9.69 Å². The Hall–Kier alpha value is -0.650. The molecule has 0 aromatic heterocycles. The van der Waals surface area contributed by atoms with Gasteiger partial charge in [-0.25, -0.2) is 0 Å². The molecule has 0 radical (unpaired) electrons. The van der Waals surface area contributed by atoms with Gasteiger partial charge in [0, 0.05) is 26.2 Å². The smallest absolute Gasteiger partial charge is 0.305 e. The molecule has 2 N–H and O–H groups in total. The van der Waals surface area contributed by atoms with Gasteiger partial charge in [-0.2, -0.15) is 0 Å². The molecule has 0 saturated carbocycles. The molecular weight excluding hydrogens is 220 g/mol. The molecule has 0 spiro atoms. The summed E-state index contributed by atoms with van der Waals surface area (Å²) in [5.74, 6) is -0.154. The molecule has 5 nitrogen and oxygen atoms in total. The molecule has 1 atom stereocenters. The number of carboxylic acids is 1.